The zero-order valence-electron chi connectivity index (χ0n) is 9.63. The van der Waals surface area contributed by atoms with Crippen molar-refractivity contribution in [3.63, 3.8) is 0 Å². The monoisotopic (exact) mass is 223 g/mol. The summed E-state index contributed by atoms with van der Waals surface area (Å²) in [6.45, 7) is 2.93. The van der Waals surface area contributed by atoms with Crippen LogP contribution in [0.3, 0.4) is 0 Å². The minimum atomic E-state index is -0.279. The first kappa shape index (κ1) is 11.4. The predicted octanol–water partition coefficient (Wildman–Crippen LogP) is 2.60. The molecule has 0 unspecified atom stereocenters. The van der Waals surface area contributed by atoms with E-state index in [1.807, 2.05) is 13.0 Å². The van der Waals surface area contributed by atoms with Crippen LogP contribution in [-0.2, 0) is 5.41 Å². The van der Waals surface area contributed by atoms with Gasteiger partial charge in [0.25, 0.3) is 0 Å². The van der Waals surface area contributed by atoms with Crippen molar-refractivity contribution >= 4 is 0 Å². The molecule has 2 rings (SSSR count). The Balaban J connectivity index is 2.26. The number of hydrogen-bond acceptors (Lipinski definition) is 2. The van der Waals surface area contributed by atoms with Gasteiger partial charge in [-0.15, -0.1) is 0 Å². The predicted molar refractivity (Wildman–Crippen MR) is 62.2 cm³/mol. The molecule has 0 atom stereocenters. The van der Waals surface area contributed by atoms with E-state index in [0.717, 1.165) is 18.4 Å². The van der Waals surface area contributed by atoms with Gasteiger partial charge in [0.05, 0.1) is 6.61 Å². The molecule has 0 aliphatic heterocycles. The molecular weight excluding hydrogens is 205 g/mol. The van der Waals surface area contributed by atoms with Crippen LogP contribution in [0.5, 0.6) is 5.75 Å². The molecule has 1 saturated carbocycles. The summed E-state index contributed by atoms with van der Waals surface area (Å²) in [5.74, 6) is 0.0526. The Morgan fingerprint density at radius 2 is 2.19 bits per heavy atom. The summed E-state index contributed by atoms with van der Waals surface area (Å²) in [7, 11) is 0. The second-order valence-corrected chi connectivity index (χ2v) is 4.42. The van der Waals surface area contributed by atoms with E-state index in [-0.39, 0.29) is 11.2 Å². The van der Waals surface area contributed by atoms with Gasteiger partial charge < -0.3 is 10.5 Å². The molecular formula is C13H18FNO. The highest BCUT2D eigenvalue weighted by molar-refractivity contribution is 5.35. The van der Waals surface area contributed by atoms with Crippen LogP contribution in [0.2, 0.25) is 0 Å². The van der Waals surface area contributed by atoms with E-state index in [4.69, 9.17) is 10.5 Å². The Bertz CT molecular complexity index is 369. The van der Waals surface area contributed by atoms with Gasteiger partial charge in [0.2, 0.25) is 0 Å². The largest absolute Gasteiger partial charge is 0.491 e. The van der Waals surface area contributed by atoms with E-state index in [9.17, 15) is 4.39 Å². The summed E-state index contributed by atoms with van der Waals surface area (Å²) >= 11 is 0. The lowest BCUT2D eigenvalue weighted by atomic mass is 9.64. The molecule has 2 N–H and O–H groups in total. The third kappa shape index (κ3) is 1.80. The molecule has 3 heteroatoms. The highest BCUT2D eigenvalue weighted by atomic mass is 19.1. The van der Waals surface area contributed by atoms with E-state index in [0.29, 0.717) is 18.9 Å². The maximum atomic E-state index is 13.7. The molecule has 0 heterocycles. The lowest BCUT2D eigenvalue weighted by molar-refractivity contribution is 0.251. The smallest absolute Gasteiger partial charge is 0.165 e. The van der Waals surface area contributed by atoms with Gasteiger partial charge in [-0.2, -0.15) is 0 Å². The molecule has 1 aliphatic carbocycles. The summed E-state index contributed by atoms with van der Waals surface area (Å²) < 4.78 is 18.9. The average Bonchev–Trinajstić information content (AvgIpc) is 2.21. The first-order valence-corrected chi connectivity index (χ1v) is 5.85. The van der Waals surface area contributed by atoms with Gasteiger partial charge in [-0.1, -0.05) is 12.5 Å². The number of benzene rings is 1. The fourth-order valence-corrected chi connectivity index (χ4v) is 2.32. The molecule has 1 aliphatic rings. The quantitative estimate of drug-likeness (QED) is 0.851. The van der Waals surface area contributed by atoms with Crippen molar-refractivity contribution in [1.29, 1.82) is 0 Å². The zero-order valence-corrected chi connectivity index (χ0v) is 9.63. The molecule has 0 amide bonds. The maximum absolute atomic E-state index is 13.7. The summed E-state index contributed by atoms with van der Waals surface area (Å²) in [5, 5.41) is 0. The van der Waals surface area contributed by atoms with E-state index in [1.165, 1.54) is 6.42 Å². The molecule has 0 radical (unpaired) electrons. The maximum Gasteiger partial charge on any atom is 0.165 e. The average molecular weight is 223 g/mol. The van der Waals surface area contributed by atoms with Crippen LogP contribution in [-0.4, -0.2) is 13.2 Å². The molecule has 1 aromatic rings. The fraction of sp³-hybridized carbons (Fsp3) is 0.538. The Kier molecular flexibility index (Phi) is 3.15. The van der Waals surface area contributed by atoms with Crippen LogP contribution in [0.1, 0.15) is 31.7 Å². The number of nitrogens with two attached hydrogens (primary N) is 1. The number of halogens is 1. The van der Waals surface area contributed by atoms with Crippen molar-refractivity contribution < 1.29 is 9.13 Å². The highest BCUT2D eigenvalue weighted by Crippen LogP contribution is 2.43. The fourth-order valence-electron chi connectivity index (χ4n) is 2.32. The summed E-state index contributed by atoms with van der Waals surface area (Å²) in [5.41, 5.74) is 6.83. The molecule has 1 fully saturated rings. The van der Waals surface area contributed by atoms with Gasteiger partial charge >= 0.3 is 0 Å². The lowest BCUT2D eigenvalue weighted by Crippen LogP contribution is -2.41. The SMILES string of the molecule is CCOc1ccc(C2(CN)CCC2)cc1F. The number of rotatable bonds is 4. The Hall–Kier alpha value is -1.09. The first-order valence-electron chi connectivity index (χ1n) is 5.85. The summed E-state index contributed by atoms with van der Waals surface area (Å²) in [6.07, 6.45) is 3.32. The topological polar surface area (TPSA) is 35.2 Å². The third-order valence-electron chi connectivity index (χ3n) is 3.55. The zero-order chi connectivity index (χ0) is 11.6. The van der Waals surface area contributed by atoms with Gasteiger partial charge in [-0.25, -0.2) is 4.39 Å². The molecule has 88 valence electrons. The molecule has 2 nitrogen and oxygen atoms in total. The minimum Gasteiger partial charge on any atom is -0.491 e. The summed E-state index contributed by atoms with van der Waals surface area (Å²) in [4.78, 5) is 0. The van der Waals surface area contributed by atoms with Crippen LogP contribution < -0.4 is 10.5 Å². The van der Waals surface area contributed by atoms with Crippen molar-refractivity contribution in [2.24, 2.45) is 5.73 Å². The van der Waals surface area contributed by atoms with Crippen molar-refractivity contribution in [2.45, 2.75) is 31.6 Å². The van der Waals surface area contributed by atoms with Crippen LogP contribution in [0, 0.1) is 5.82 Å². The highest BCUT2D eigenvalue weighted by Gasteiger charge is 2.37. The molecule has 1 aromatic carbocycles. The van der Waals surface area contributed by atoms with Gasteiger partial charge in [-0.05, 0) is 37.5 Å². The molecule has 0 spiro atoms. The van der Waals surface area contributed by atoms with Crippen molar-refractivity contribution in [2.75, 3.05) is 13.2 Å². The second kappa shape index (κ2) is 4.42. The van der Waals surface area contributed by atoms with Crippen molar-refractivity contribution in [1.82, 2.24) is 0 Å². The third-order valence-corrected chi connectivity index (χ3v) is 3.55. The number of ether oxygens (including phenoxy) is 1. The van der Waals surface area contributed by atoms with Crippen molar-refractivity contribution in [3.05, 3.63) is 29.6 Å². The Labute approximate surface area is 95.6 Å². The van der Waals surface area contributed by atoms with Gasteiger partial charge in [0, 0.05) is 12.0 Å². The standard InChI is InChI=1S/C13H18FNO/c1-2-16-12-5-4-10(8-11(12)14)13(9-15)6-3-7-13/h4-5,8H,2-3,6-7,9,15H2,1H3. The molecule has 0 saturated heterocycles. The second-order valence-electron chi connectivity index (χ2n) is 4.42. The van der Waals surface area contributed by atoms with Crippen LogP contribution in [0.4, 0.5) is 4.39 Å². The Morgan fingerprint density at radius 1 is 1.44 bits per heavy atom. The van der Waals surface area contributed by atoms with Crippen LogP contribution in [0.15, 0.2) is 18.2 Å². The van der Waals surface area contributed by atoms with E-state index >= 15 is 0 Å². The first-order chi connectivity index (χ1) is 7.72. The van der Waals surface area contributed by atoms with Crippen molar-refractivity contribution in [3.8, 4) is 5.75 Å². The number of hydrogen-bond donors (Lipinski definition) is 1. The van der Waals surface area contributed by atoms with E-state index < -0.39 is 0 Å². The minimum absolute atomic E-state index is 0.0194. The molecule has 0 bridgehead atoms. The molecule has 0 aromatic heterocycles. The van der Waals surface area contributed by atoms with E-state index in [2.05, 4.69) is 0 Å². The summed E-state index contributed by atoms with van der Waals surface area (Å²) in [6, 6.07) is 5.24. The Morgan fingerprint density at radius 3 is 2.62 bits per heavy atom. The van der Waals surface area contributed by atoms with E-state index in [1.54, 1.807) is 12.1 Å². The lowest BCUT2D eigenvalue weighted by Gasteiger charge is -2.41. The normalized spacial score (nSPS) is 17.9. The van der Waals surface area contributed by atoms with Gasteiger partial charge in [-0.3, -0.25) is 0 Å². The van der Waals surface area contributed by atoms with Crippen LogP contribution >= 0.6 is 0 Å². The van der Waals surface area contributed by atoms with Gasteiger partial charge in [0.15, 0.2) is 11.6 Å². The molecule has 16 heavy (non-hydrogen) atoms. The van der Waals surface area contributed by atoms with Gasteiger partial charge in [0.1, 0.15) is 0 Å². The van der Waals surface area contributed by atoms with Crippen LogP contribution in [0.25, 0.3) is 0 Å².